The fourth-order valence-electron chi connectivity index (χ4n) is 1.70. The second-order valence-electron chi connectivity index (χ2n) is 6.87. The summed E-state index contributed by atoms with van der Waals surface area (Å²) in [6.07, 6.45) is 1.86. The van der Waals surface area contributed by atoms with Crippen LogP contribution in [0.15, 0.2) is 0 Å². The summed E-state index contributed by atoms with van der Waals surface area (Å²) >= 11 is 0. The fourth-order valence-corrected chi connectivity index (χ4v) is 2.70. The van der Waals surface area contributed by atoms with Crippen molar-refractivity contribution in [1.82, 2.24) is 0 Å². The molecule has 0 saturated heterocycles. The Morgan fingerprint density at radius 3 is 1.48 bits per heavy atom. The molecular formula is C18H36NO9P. The number of nitrogens with two attached hydrogens (primary N) is 1. The summed E-state index contributed by atoms with van der Waals surface area (Å²) in [5, 5.41) is 0. The lowest BCUT2D eigenvalue weighted by Crippen LogP contribution is -2.20. The summed E-state index contributed by atoms with van der Waals surface area (Å²) in [7, 11) is -3.78. The largest absolute Gasteiger partial charge is 0.508 e. The Kier molecular flexibility index (Phi) is 15.7. The molecular weight excluding hydrogens is 405 g/mol. The van der Waals surface area contributed by atoms with E-state index in [4.69, 9.17) is 33.5 Å². The second kappa shape index (κ2) is 16.4. The van der Waals surface area contributed by atoms with Gasteiger partial charge in [0, 0.05) is 11.8 Å². The van der Waals surface area contributed by atoms with Crippen molar-refractivity contribution < 1.29 is 42.1 Å². The van der Waals surface area contributed by atoms with E-state index in [1.54, 1.807) is 13.8 Å². The topological polar surface area (TPSA) is 133 Å². The van der Waals surface area contributed by atoms with Crippen molar-refractivity contribution in [2.45, 2.75) is 53.4 Å². The van der Waals surface area contributed by atoms with Crippen LogP contribution in [0, 0.1) is 11.8 Å². The van der Waals surface area contributed by atoms with E-state index in [9.17, 15) is 14.2 Å². The summed E-state index contributed by atoms with van der Waals surface area (Å²) in [5.41, 5.74) is 5.53. The summed E-state index contributed by atoms with van der Waals surface area (Å²) in [4.78, 5) is 22.7. The zero-order valence-corrected chi connectivity index (χ0v) is 18.8. The molecule has 0 aliphatic rings. The SMILES string of the molecule is CCCCOC(=O)OCC(C)COP(N)(=O)OCC(C)COC(=O)OCCCC. The zero-order chi connectivity index (χ0) is 22.1. The standard InChI is InChI=1S/C18H36NO9P/c1-5-7-9-23-17(20)25-11-15(3)13-27-29(19,22)28-14-16(4)12-26-18(21)24-10-8-6-2/h15-16H,5-14H2,1-4H3,(H2,19,22). The van der Waals surface area contributed by atoms with Gasteiger partial charge in [0.25, 0.3) is 0 Å². The van der Waals surface area contributed by atoms with Gasteiger partial charge in [-0.05, 0) is 12.8 Å². The average Bonchev–Trinajstić information content (AvgIpc) is 2.68. The van der Waals surface area contributed by atoms with Crippen LogP contribution in [0.1, 0.15) is 53.4 Å². The zero-order valence-electron chi connectivity index (χ0n) is 17.9. The number of carbonyl (C=O) groups excluding carboxylic acids is 2. The molecule has 2 N–H and O–H groups in total. The van der Waals surface area contributed by atoms with E-state index in [0.29, 0.717) is 13.2 Å². The molecule has 0 amide bonds. The number of hydrogen-bond donors (Lipinski definition) is 1. The van der Waals surface area contributed by atoms with Gasteiger partial charge in [0.05, 0.1) is 39.6 Å². The van der Waals surface area contributed by atoms with E-state index >= 15 is 0 Å². The molecule has 11 heteroatoms. The fraction of sp³-hybridized carbons (Fsp3) is 0.889. The molecule has 0 aromatic rings. The van der Waals surface area contributed by atoms with E-state index in [1.165, 1.54) is 0 Å². The number of rotatable bonds is 16. The van der Waals surface area contributed by atoms with Crippen LogP contribution in [0.25, 0.3) is 0 Å². The number of hydrogen-bond acceptors (Lipinski definition) is 9. The van der Waals surface area contributed by atoms with E-state index in [2.05, 4.69) is 0 Å². The van der Waals surface area contributed by atoms with Gasteiger partial charge in [0.2, 0.25) is 0 Å². The van der Waals surface area contributed by atoms with Crippen LogP contribution in [0.2, 0.25) is 0 Å². The summed E-state index contributed by atoms with van der Waals surface area (Å²) < 4.78 is 41.9. The first kappa shape index (κ1) is 27.6. The minimum absolute atomic E-state index is 0.0232. The minimum atomic E-state index is -3.78. The highest BCUT2D eigenvalue weighted by molar-refractivity contribution is 7.51. The highest BCUT2D eigenvalue weighted by atomic mass is 31.2. The Morgan fingerprint density at radius 1 is 0.759 bits per heavy atom. The molecule has 0 aliphatic carbocycles. The third-order valence-corrected chi connectivity index (χ3v) is 4.50. The third kappa shape index (κ3) is 17.2. The third-order valence-electron chi connectivity index (χ3n) is 3.49. The van der Waals surface area contributed by atoms with Crippen molar-refractivity contribution in [3.05, 3.63) is 0 Å². The first-order chi connectivity index (χ1) is 13.7. The highest BCUT2D eigenvalue weighted by Crippen LogP contribution is 2.39. The molecule has 0 aliphatic heterocycles. The number of unbranched alkanes of at least 4 members (excludes halogenated alkanes) is 2. The van der Waals surface area contributed by atoms with Crippen LogP contribution < -0.4 is 5.50 Å². The Balaban J connectivity index is 3.94. The van der Waals surface area contributed by atoms with Gasteiger partial charge in [-0.3, -0.25) is 9.05 Å². The maximum Gasteiger partial charge on any atom is 0.508 e. The van der Waals surface area contributed by atoms with Gasteiger partial charge in [0.1, 0.15) is 0 Å². The maximum absolute atomic E-state index is 12.1. The first-order valence-corrected chi connectivity index (χ1v) is 11.6. The quantitative estimate of drug-likeness (QED) is 0.210. The van der Waals surface area contributed by atoms with Crippen molar-refractivity contribution in [3.8, 4) is 0 Å². The monoisotopic (exact) mass is 441 g/mol. The molecule has 10 nitrogen and oxygen atoms in total. The molecule has 0 fully saturated rings. The van der Waals surface area contributed by atoms with Gasteiger partial charge >= 0.3 is 20.1 Å². The lowest BCUT2D eigenvalue weighted by atomic mass is 10.2. The molecule has 0 spiro atoms. The van der Waals surface area contributed by atoms with Gasteiger partial charge in [-0.2, -0.15) is 0 Å². The molecule has 172 valence electrons. The minimum Gasteiger partial charge on any atom is -0.434 e. The van der Waals surface area contributed by atoms with Crippen molar-refractivity contribution in [2.75, 3.05) is 39.6 Å². The number of carbonyl (C=O) groups is 2. The highest BCUT2D eigenvalue weighted by Gasteiger charge is 2.22. The summed E-state index contributed by atoms with van der Waals surface area (Å²) in [6.45, 7) is 8.09. The Morgan fingerprint density at radius 2 is 1.14 bits per heavy atom. The van der Waals surface area contributed by atoms with Crippen LogP contribution in [0.5, 0.6) is 0 Å². The Labute approximate surface area is 173 Å². The van der Waals surface area contributed by atoms with Gasteiger partial charge in [0.15, 0.2) is 0 Å². The molecule has 0 aromatic heterocycles. The van der Waals surface area contributed by atoms with Crippen molar-refractivity contribution >= 4 is 20.1 Å². The smallest absolute Gasteiger partial charge is 0.434 e. The lowest BCUT2D eigenvalue weighted by Gasteiger charge is -2.19. The predicted molar refractivity (Wildman–Crippen MR) is 106 cm³/mol. The Hall–Kier alpha value is -1.35. The van der Waals surface area contributed by atoms with Crippen LogP contribution in [-0.4, -0.2) is 52.0 Å². The maximum atomic E-state index is 12.1. The molecule has 0 bridgehead atoms. The van der Waals surface area contributed by atoms with Crippen molar-refractivity contribution in [3.63, 3.8) is 0 Å². The van der Waals surface area contributed by atoms with Crippen LogP contribution in [0.3, 0.4) is 0 Å². The van der Waals surface area contributed by atoms with Crippen LogP contribution >= 0.6 is 7.75 Å². The molecule has 2 unspecified atom stereocenters. The van der Waals surface area contributed by atoms with E-state index < -0.39 is 20.1 Å². The molecule has 0 aromatic carbocycles. The lowest BCUT2D eigenvalue weighted by molar-refractivity contribution is 0.0357. The second-order valence-corrected chi connectivity index (χ2v) is 8.46. The predicted octanol–water partition coefficient (Wildman–Crippen LogP) is 4.27. The average molecular weight is 441 g/mol. The molecule has 0 rings (SSSR count). The first-order valence-electron chi connectivity index (χ1n) is 9.96. The Bertz CT molecular complexity index is 464. The van der Waals surface area contributed by atoms with Crippen molar-refractivity contribution in [2.24, 2.45) is 17.3 Å². The molecule has 2 atom stereocenters. The van der Waals surface area contributed by atoms with Crippen molar-refractivity contribution in [1.29, 1.82) is 0 Å². The summed E-state index contributed by atoms with van der Waals surface area (Å²) in [6, 6.07) is 0. The molecule has 29 heavy (non-hydrogen) atoms. The molecule has 0 heterocycles. The van der Waals surface area contributed by atoms with Gasteiger partial charge in [-0.25, -0.2) is 19.7 Å². The summed E-state index contributed by atoms with van der Waals surface area (Å²) in [5.74, 6) is -0.513. The molecule has 0 saturated carbocycles. The van der Waals surface area contributed by atoms with E-state index in [0.717, 1.165) is 25.7 Å². The molecule has 0 radical (unpaired) electrons. The van der Waals surface area contributed by atoms with Crippen LogP contribution in [0.4, 0.5) is 9.59 Å². The van der Waals surface area contributed by atoms with Crippen LogP contribution in [-0.2, 0) is 32.6 Å². The van der Waals surface area contributed by atoms with E-state index in [1.807, 2.05) is 13.8 Å². The van der Waals surface area contributed by atoms with E-state index in [-0.39, 0.29) is 38.3 Å². The van der Waals surface area contributed by atoms with Gasteiger partial charge < -0.3 is 18.9 Å². The van der Waals surface area contributed by atoms with Gasteiger partial charge in [-0.1, -0.05) is 40.5 Å². The number of ether oxygens (including phenoxy) is 4. The van der Waals surface area contributed by atoms with Gasteiger partial charge in [-0.15, -0.1) is 0 Å². The normalized spacial score (nSPS) is 15.1.